The molecule has 0 fully saturated rings. The maximum absolute atomic E-state index is 15.3. The number of alkyl halides is 2. The number of amides is 3. The summed E-state index contributed by atoms with van der Waals surface area (Å²) in [5.74, 6) is -4.09. The Morgan fingerprint density at radius 1 is 0.878 bits per heavy atom. The van der Waals surface area contributed by atoms with Gasteiger partial charge in [-0.3, -0.25) is 14.4 Å². The molecule has 0 atom stereocenters. The molecule has 218 valence electrons. The molecular formula is C28H25Cl2F4N3O4. The van der Waals surface area contributed by atoms with Crippen LogP contribution in [0.5, 0.6) is 5.75 Å². The number of halogens is 6. The molecule has 0 spiro atoms. The highest BCUT2D eigenvalue weighted by molar-refractivity contribution is 6.34. The van der Waals surface area contributed by atoms with Crippen molar-refractivity contribution in [2.24, 2.45) is 5.41 Å². The third kappa shape index (κ3) is 8.34. The molecule has 0 heterocycles. The van der Waals surface area contributed by atoms with Gasteiger partial charge in [-0.15, -0.1) is 0 Å². The van der Waals surface area contributed by atoms with E-state index in [1.54, 1.807) is 20.8 Å². The number of carbonyl (C=O) groups excluding carboxylic acids is 3. The number of rotatable bonds is 9. The van der Waals surface area contributed by atoms with Crippen LogP contribution in [0.1, 0.15) is 47.1 Å². The van der Waals surface area contributed by atoms with Gasteiger partial charge in [0.1, 0.15) is 24.0 Å². The van der Waals surface area contributed by atoms with Crippen molar-refractivity contribution in [3.8, 4) is 5.75 Å². The Morgan fingerprint density at radius 2 is 1.51 bits per heavy atom. The lowest BCUT2D eigenvalue weighted by atomic mass is 9.95. The number of nitrogens with one attached hydrogen (secondary N) is 3. The van der Waals surface area contributed by atoms with Crippen LogP contribution in [0.3, 0.4) is 0 Å². The second-order valence-corrected chi connectivity index (χ2v) is 10.6. The van der Waals surface area contributed by atoms with Gasteiger partial charge in [0.15, 0.2) is 0 Å². The minimum Gasteiger partial charge on any atom is -0.487 e. The summed E-state index contributed by atoms with van der Waals surface area (Å²) in [6.45, 7) is 3.84. The van der Waals surface area contributed by atoms with Crippen LogP contribution in [0.15, 0.2) is 48.5 Å². The molecule has 0 aliphatic carbocycles. The fourth-order valence-corrected chi connectivity index (χ4v) is 3.82. The predicted octanol–water partition coefficient (Wildman–Crippen LogP) is 7.08. The topological polar surface area (TPSA) is 96.5 Å². The molecule has 41 heavy (non-hydrogen) atoms. The van der Waals surface area contributed by atoms with Crippen molar-refractivity contribution in [2.45, 2.75) is 33.7 Å². The number of benzene rings is 3. The third-order valence-electron chi connectivity index (χ3n) is 5.54. The highest BCUT2D eigenvalue weighted by Crippen LogP contribution is 2.28. The van der Waals surface area contributed by atoms with Gasteiger partial charge in [0, 0.05) is 28.9 Å². The summed E-state index contributed by atoms with van der Waals surface area (Å²) in [6.07, 6.45) is -2.84. The largest absolute Gasteiger partial charge is 0.487 e. The van der Waals surface area contributed by atoms with Crippen LogP contribution in [0, 0.1) is 17.0 Å². The Labute approximate surface area is 243 Å². The van der Waals surface area contributed by atoms with E-state index in [2.05, 4.69) is 16.0 Å². The van der Waals surface area contributed by atoms with Crippen molar-refractivity contribution < 1.29 is 36.7 Å². The van der Waals surface area contributed by atoms with Crippen molar-refractivity contribution in [2.75, 3.05) is 17.2 Å². The fourth-order valence-electron chi connectivity index (χ4n) is 3.41. The quantitative estimate of drug-likeness (QED) is 0.225. The van der Waals surface area contributed by atoms with Gasteiger partial charge in [-0.05, 0) is 42.5 Å². The van der Waals surface area contributed by atoms with Gasteiger partial charge < -0.3 is 20.7 Å². The van der Waals surface area contributed by atoms with Crippen LogP contribution in [-0.2, 0) is 11.3 Å². The van der Waals surface area contributed by atoms with E-state index in [9.17, 15) is 27.6 Å². The Morgan fingerprint density at radius 3 is 2.15 bits per heavy atom. The lowest BCUT2D eigenvalue weighted by Crippen LogP contribution is -2.34. The average molecular weight is 614 g/mol. The molecular weight excluding hydrogens is 589 g/mol. The van der Waals surface area contributed by atoms with Crippen LogP contribution in [0.4, 0.5) is 28.9 Å². The Kier molecular flexibility index (Phi) is 10.2. The summed E-state index contributed by atoms with van der Waals surface area (Å²) >= 11 is 11.9. The number of anilines is 2. The van der Waals surface area contributed by atoms with E-state index >= 15 is 4.39 Å². The number of hydrogen-bond donors (Lipinski definition) is 3. The zero-order valence-corrected chi connectivity index (χ0v) is 23.5. The van der Waals surface area contributed by atoms with Crippen molar-refractivity contribution in [3.63, 3.8) is 0 Å². The monoisotopic (exact) mass is 613 g/mol. The Balaban J connectivity index is 1.88. The zero-order valence-electron chi connectivity index (χ0n) is 22.0. The summed E-state index contributed by atoms with van der Waals surface area (Å²) < 4.78 is 59.4. The summed E-state index contributed by atoms with van der Waals surface area (Å²) in [6, 6.07) is 9.56. The highest BCUT2D eigenvalue weighted by atomic mass is 35.5. The van der Waals surface area contributed by atoms with Gasteiger partial charge in [-0.1, -0.05) is 50.0 Å². The van der Waals surface area contributed by atoms with Gasteiger partial charge >= 0.3 is 0 Å². The van der Waals surface area contributed by atoms with Gasteiger partial charge in [-0.25, -0.2) is 17.6 Å². The SMILES string of the molecule is CC(C)(C)C(=O)NCc1ccc(Cl)c(C(=O)Nc2ccc(OCC(F)F)c(C(=O)Nc3ccc(F)c(Cl)c3)c2)c1F. The van der Waals surface area contributed by atoms with Crippen LogP contribution in [0.2, 0.25) is 10.0 Å². The first-order valence-corrected chi connectivity index (χ1v) is 12.8. The van der Waals surface area contributed by atoms with E-state index in [4.69, 9.17) is 27.9 Å². The molecule has 3 N–H and O–H groups in total. The number of hydrogen-bond acceptors (Lipinski definition) is 4. The standard InChI is InChI=1S/C28H25Cl2F4N3O4/c1-28(2,3)27(40)35-12-14-4-7-18(29)23(24(14)34)26(39)37-15-6-9-21(41-13-22(32)33)17(10-15)25(38)36-16-5-8-20(31)19(30)11-16/h4-11,22H,12-13H2,1-3H3,(H,35,40)(H,36,38)(H,37,39). The van der Waals surface area contributed by atoms with Crippen molar-refractivity contribution in [3.05, 3.63) is 86.9 Å². The van der Waals surface area contributed by atoms with E-state index < -0.39 is 47.5 Å². The second-order valence-electron chi connectivity index (χ2n) is 9.78. The molecule has 7 nitrogen and oxygen atoms in total. The summed E-state index contributed by atoms with van der Waals surface area (Å²) in [5, 5.41) is 6.97. The van der Waals surface area contributed by atoms with Crippen LogP contribution >= 0.6 is 23.2 Å². The van der Waals surface area contributed by atoms with E-state index in [0.29, 0.717) is 0 Å². The van der Waals surface area contributed by atoms with Gasteiger partial charge in [0.05, 0.1) is 21.2 Å². The number of carbonyl (C=O) groups is 3. The molecule has 0 aromatic heterocycles. The van der Waals surface area contributed by atoms with Crippen molar-refractivity contribution in [1.82, 2.24) is 5.32 Å². The van der Waals surface area contributed by atoms with E-state index in [-0.39, 0.29) is 50.7 Å². The molecule has 0 unspecified atom stereocenters. The van der Waals surface area contributed by atoms with Crippen LogP contribution in [-0.4, -0.2) is 30.8 Å². The van der Waals surface area contributed by atoms with E-state index in [1.807, 2.05) is 0 Å². The molecule has 3 aromatic carbocycles. The molecule has 0 aliphatic heterocycles. The third-order valence-corrected chi connectivity index (χ3v) is 6.15. The molecule has 0 aliphatic rings. The smallest absolute Gasteiger partial charge is 0.272 e. The van der Waals surface area contributed by atoms with Crippen molar-refractivity contribution in [1.29, 1.82) is 0 Å². The Bertz CT molecular complexity index is 1480. The zero-order chi connectivity index (χ0) is 30.5. The molecule has 3 rings (SSSR count). The average Bonchev–Trinajstić information content (AvgIpc) is 2.88. The molecule has 0 saturated carbocycles. The first kappa shape index (κ1) is 31.7. The molecule has 0 saturated heterocycles. The van der Waals surface area contributed by atoms with Crippen LogP contribution < -0.4 is 20.7 Å². The van der Waals surface area contributed by atoms with Gasteiger partial charge in [-0.2, -0.15) is 0 Å². The summed E-state index contributed by atoms with van der Waals surface area (Å²) in [7, 11) is 0. The van der Waals surface area contributed by atoms with Gasteiger partial charge in [0.25, 0.3) is 18.2 Å². The predicted molar refractivity (Wildman–Crippen MR) is 148 cm³/mol. The lowest BCUT2D eigenvalue weighted by molar-refractivity contribution is -0.128. The molecule has 0 radical (unpaired) electrons. The molecule has 0 bridgehead atoms. The van der Waals surface area contributed by atoms with E-state index in [1.165, 1.54) is 30.3 Å². The fraction of sp³-hybridized carbons (Fsp3) is 0.250. The molecule has 3 aromatic rings. The minimum absolute atomic E-state index is 0.00548. The first-order valence-electron chi connectivity index (χ1n) is 12.0. The highest BCUT2D eigenvalue weighted by Gasteiger charge is 2.24. The normalized spacial score (nSPS) is 11.3. The van der Waals surface area contributed by atoms with Crippen LogP contribution in [0.25, 0.3) is 0 Å². The summed E-state index contributed by atoms with van der Waals surface area (Å²) in [5.41, 5.74) is -1.43. The first-order chi connectivity index (χ1) is 19.2. The number of ether oxygens (including phenoxy) is 1. The minimum atomic E-state index is -2.84. The molecule has 13 heteroatoms. The maximum atomic E-state index is 15.3. The second kappa shape index (κ2) is 13.2. The molecule has 3 amide bonds. The van der Waals surface area contributed by atoms with Gasteiger partial charge in [0.2, 0.25) is 5.91 Å². The summed E-state index contributed by atoms with van der Waals surface area (Å²) in [4.78, 5) is 38.2. The van der Waals surface area contributed by atoms with E-state index in [0.717, 1.165) is 18.2 Å². The maximum Gasteiger partial charge on any atom is 0.272 e. The Hall–Kier alpha value is -3.83. The van der Waals surface area contributed by atoms with Crippen molar-refractivity contribution >= 4 is 52.3 Å². The lowest BCUT2D eigenvalue weighted by Gasteiger charge is -2.18.